The van der Waals surface area contributed by atoms with Crippen molar-refractivity contribution < 1.29 is 0 Å². The Kier molecular flexibility index (Phi) is 4.80. The smallest absolute Gasteiger partial charge is 0.125 e. The number of likely N-dealkylation sites (tertiary alicyclic amines) is 1. The van der Waals surface area contributed by atoms with E-state index in [0.717, 1.165) is 47.0 Å². The standard InChI is InChI=1S/C21H25N5/c1-16-15-22-17(2)23-21(16)19-7-5-6-18(14-19)20-8-11-26(24-20)13-12-25-9-3-4-10-25/h5-8,11,14-15H,3-4,9-10,12-13H2,1-2H3. The fourth-order valence-corrected chi connectivity index (χ4v) is 3.54. The zero-order valence-electron chi connectivity index (χ0n) is 15.5. The van der Waals surface area contributed by atoms with E-state index in [2.05, 4.69) is 63.0 Å². The summed E-state index contributed by atoms with van der Waals surface area (Å²) in [4.78, 5) is 11.4. The summed E-state index contributed by atoms with van der Waals surface area (Å²) in [5, 5.41) is 4.77. The number of hydrogen-bond acceptors (Lipinski definition) is 4. The maximum atomic E-state index is 4.77. The highest BCUT2D eigenvalue weighted by molar-refractivity contribution is 5.70. The Hall–Kier alpha value is -2.53. The van der Waals surface area contributed by atoms with E-state index in [1.54, 1.807) is 0 Å². The third-order valence-electron chi connectivity index (χ3n) is 5.01. The molecule has 1 fully saturated rings. The van der Waals surface area contributed by atoms with Crippen LogP contribution in [0.15, 0.2) is 42.7 Å². The SMILES string of the molecule is Cc1ncc(C)c(-c2cccc(-c3ccn(CCN4CCCC4)n3)c2)n1. The molecular formula is C21H25N5. The molecule has 1 aliphatic heterocycles. The van der Waals surface area contributed by atoms with Crippen molar-refractivity contribution in [1.29, 1.82) is 0 Å². The lowest BCUT2D eigenvalue weighted by atomic mass is 10.0. The van der Waals surface area contributed by atoms with Crippen LogP contribution >= 0.6 is 0 Å². The Balaban J connectivity index is 1.54. The van der Waals surface area contributed by atoms with Crippen molar-refractivity contribution in [2.75, 3.05) is 19.6 Å². The number of aryl methyl sites for hydroxylation is 2. The highest BCUT2D eigenvalue weighted by Crippen LogP contribution is 2.26. The lowest BCUT2D eigenvalue weighted by molar-refractivity contribution is 0.316. The van der Waals surface area contributed by atoms with Crippen LogP contribution in [0.5, 0.6) is 0 Å². The van der Waals surface area contributed by atoms with Gasteiger partial charge < -0.3 is 4.90 Å². The number of rotatable bonds is 5. The molecule has 0 saturated carbocycles. The van der Waals surface area contributed by atoms with Crippen LogP contribution in [0.4, 0.5) is 0 Å². The van der Waals surface area contributed by atoms with Crippen LogP contribution < -0.4 is 0 Å². The third kappa shape index (κ3) is 3.68. The van der Waals surface area contributed by atoms with Crippen molar-refractivity contribution >= 4 is 0 Å². The van der Waals surface area contributed by atoms with Crippen molar-refractivity contribution in [3.8, 4) is 22.5 Å². The maximum absolute atomic E-state index is 4.77. The molecule has 3 aromatic rings. The molecule has 3 heterocycles. The van der Waals surface area contributed by atoms with Gasteiger partial charge in [0.2, 0.25) is 0 Å². The van der Waals surface area contributed by atoms with Gasteiger partial charge in [-0.25, -0.2) is 9.97 Å². The zero-order chi connectivity index (χ0) is 17.9. The van der Waals surface area contributed by atoms with Crippen molar-refractivity contribution in [2.24, 2.45) is 0 Å². The Morgan fingerprint density at radius 1 is 1.00 bits per heavy atom. The van der Waals surface area contributed by atoms with Gasteiger partial charge in [-0.2, -0.15) is 5.10 Å². The molecule has 0 radical (unpaired) electrons. The fraction of sp³-hybridized carbons (Fsp3) is 0.381. The second-order valence-corrected chi connectivity index (χ2v) is 7.04. The van der Waals surface area contributed by atoms with E-state index in [0.29, 0.717) is 0 Å². The first kappa shape index (κ1) is 16.9. The van der Waals surface area contributed by atoms with Gasteiger partial charge >= 0.3 is 0 Å². The van der Waals surface area contributed by atoms with Gasteiger partial charge in [-0.05, 0) is 57.5 Å². The molecule has 2 aromatic heterocycles. The maximum Gasteiger partial charge on any atom is 0.125 e. The summed E-state index contributed by atoms with van der Waals surface area (Å²) in [5.41, 5.74) is 5.32. The first-order chi connectivity index (χ1) is 12.7. The summed E-state index contributed by atoms with van der Waals surface area (Å²) in [5.74, 6) is 0.794. The molecule has 26 heavy (non-hydrogen) atoms. The van der Waals surface area contributed by atoms with Gasteiger partial charge in [-0.3, -0.25) is 4.68 Å². The number of nitrogens with zero attached hydrogens (tertiary/aromatic N) is 5. The van der Waals surface area contributed by atoms with E-state index in [1.807, 2.05) is 13.1 Å². The minimum atomic E-state index is 0.794. The lowest BCUT2D eigenvalue weighted by Crippen LogP contribution is -2.24. The first-order valence-electron chi connectivity index (χ1n) is 9.36. The van der Waals surface area contributed by atoms with E-state index < -0.39 is 0 Å². The Morgan fingerprint density at radius 3 is 2.65 bits per heavy atom. The van der Waals surface area contributed by atoms with Crippen molar-refractivity contribution in [3.05, 3.63) is 54.1 Å². The molecule has 0 N–H and O–H groups in total. The number of benzene rings is 1. The van der Waals surface area contributed by atoms with Gasteiger partial charge in [-0.1, -0.05) is 18.2 Å². The Labute approximate surface area is 154 Å². The average molecular weight is 347 g/mol. The fourth-order valence-electron chi connectivity index (χ4n) is 3.54. The summed E-state index contributed by atoms with van der Waals surface area (Å²) < 4.78 is 2.06. The Morgan fingerprint density at radius 2 is 1.81 bits per heavy atom. The molecule has 0 bridgehead atoms. The molecule has 4 rings (SSSR count). The third-order valence-corrected chi connectivity index (χ3v) is 5.01. The largest absolute Gasteiger partial charge is 0.301 e. The quantitative estimate of drug-likeness (QED) is 0.706. The number of hydrogen-bond donors (Lipinski definition) is 0. The van der Waals surface area contributed by atoms with Gasteiger partial charge in [0.1, 0.15) is 5.82 Å². The minimum absolute atomic E-state index is 0.794. The van der Waals surface area contributed by atoms with Crippen LogP contribution in [0.1, 0.15) is 24.2 Å². The molecule has 1 saturated heterocycles. The van der Waals surface area contributed by atoms with E-state index in [4.69, 9.17) is 5.10 Å². The van der Waals surface area contributed by atoms with Crippen LogP contribution in [0.3, 0.4) is 0 Å². The summed E-state index contributed by atoms with van der Waals surface area (Å²) in [6, 6.07) is 10.6. The predicted molar refractivity (Wildman–Crippen MR) is 104 cm³/mol. The van der Waals surface area contributed by atoms with Crippen LogP contribution in [-0.4, -0.2) is 44.3 Å². The first-order valence-corrected chi connectivity index (χ1v) is 9.36. The summed E-state index contributed by atoms with van der Waals surface area (Å²) >= 11 is 0. The monoisotopic (exact) mass is 347 g/mol. The summed E-state index contributed by atoms with van der Waals surface area (Å²) in [6.45, 7) is 8.47. The van der Waals surface area contributed by atoms with E-state index in [9.17, 15) is 0 Å². The lowest BCUT2D eigenvalue weighted by Gasteiger charge is -2.13. The van der Waals surface area contributed by atoms with E-state index in [1.165, 1.54) is 25.9 Å². The van der Waals surface area contributed by atoms with Crippen LogP contribution in [0.25, 0.3) is 22.5 Å². The molecule has 0 spiro atoms. The van der Waals surface area contributed by atoms with Gasteiger partial charge in [0.25, 0.3) is 0 Å². The molecule has 0 amide bonds. The topological polar surface area (TPSA) is 46.8 Å². The van der Waals surface area contributed by atoms with Gasteiger partial charge in [0.15, 0.2) is 0 Å². The van der Waals surface area contributed by atoms with Crippen molar-refractivity contribution in [2.45, 2.75) is 33.2 Å². The molecule has 134 valence electrons. The average Bonchev–Trinajstić information content (AvgIpc) is 3.34. The molecule has 1 aliphatic rings. The van der Waals surface area contributed by atoms with Crippen LogP contribution in [-0.2, 0) is 6.54 Å². The summed E-state index contributed by atoms with van der Waals surface area (Å²) in [7, 11) is 0. The van der Waals surface area contributed by atoms with Crippen LogP contribution in [0, 0.1) is 13.8 Å². The van der Waals surface area contributed by atoms with Gasteiger partial charge in [0, 0.05) is 30.1 Å². The highest BCUT2D eigenvalue weighted by Gasteiger charge is 2.12. The Bertz CT molecular complexity index is 893. The predicted octanol–water partition coefficient (Wildman–Crippen LogP) is 3.72. The molecule has 5 nitrogen and oxygen atoms in total. The normalized spacial score (nSPS) is 14.8. The highest BCUT2D eigenvalue weighted by atomic mass is 15.3. The summed E-state index contributed by atoms with van der Waals surface area (Å²) in [6.07, 6.45) is 6.63. The molecule has 5 heteroatoms. The molecule has 0 atom stereocenters. The molecule has 1 aromatic carbocycles. The van der Waals surface area contributed by atoms with E-state index in [-0.39, 0.29) is 0 Å². The zero-order valence-corrected chi connectivity index (χ0v) is 15.5. The molecular weight excluding hydrogens is 322 g/mol. The molecule has 0 aliphatic carbocycles. The second kappa shape index (κ2) is 7.38. The second-order valence-electron chi connectivity index (χ2n) is 7.04. The molecule has 0 unspecified atom stereocenters. The van der Waals surface area contributed by atoms with Crippen LogP contribution in [0.2, 0.25) is 0 Å². The number of aromatic nitrogens is 4. The van der Waals surface area contributed by atoms with Crippen molar-refractivity contribution in [1.82, 2.24) is 24.6 Å². The van der Waals surface area contributed by atoms with Gasteiger partial charge in [0.05, 0.1) is 17.9 Å². The minimum Gasteiger partial charge on any atom is -0.301 e. The van der Waals surface area contributed by atoms with Gasteiger partial charge in [-0.15, -0.1) is 0 Å². The van der Waals surface area contributed by atoms with E-state index >= 15 is 0 Å². The van der Waals surface area contributed by atoms with Crippen molar-refractivity contribution in [3.63, 3.8) is 0 Å².